The smallest absolute Gasteiger partial charge is 0.245 e. The summed E-state index contributed by atoms with van der Waals surface area (Å²) >= 11 is 1.72. The Morgan fingerprint density at radius 2 is 2.08 bits per heavy atom. The topological polar surface area (TPSA) is 49.9 Å². The summed E-state index contributed by atoms with van der Waals surface area (Å²) < 4.78 is 6.06. The van der Waals surface area contributed by atoms with Gasteiger partial charge in [-0.1, -0.05) is 6.58 Å². The van der Waals surface area contributed by atoms with E-state index in [1.807, 2.05) is 9.80 Å². The lowest BCUT2D eigenvalue weighted by atomic mass is 9.89. The molecule has 2 aliphatic heterocycles. The van der Waals surface area contributed by atoms with Crippen molar-refractivity contribution in [2.75, 3.05) is 32.8 Å². The maximum atomic E-state index is 12.6. The van der Waals surface area contributed by atoms with Crippen molar-refractivity contribution >= 4 is 23.2 Å². The van der Waals surface area contributed by atoms with Crippen molar-refractivity contribution in [3.05, 3.63) is 34.5 Å². The Bertz CT molecular complexity index is 647. The number of morpholine rings is 1. The summed E-state index contributed by atoms with van der Waals surface area (Å²) in [6.07, 6.45) is 4.28. The molecule has 3 heterocycles. The van der Waals surface area contributed by atoms with Crippen LogP contribution in [0.1, 0.15) is 29.7 Å². The molecule has 0 bridgehead atoms. The number of ether oxygens (including phenoxy) is 1. The van der Waals surface area contributed by atoms with Gasteiger partial charge in [-0.25, -0.2) is 0 Å². The van der Waals surface area contributed by atoms with Crippen LogP contribution >= 0.6 is 11.3 Å². The van der Waals surface area contributed by atoms with Gasteiger partial charge >= 0.3 is 0 Å². The minimum Gasteiger partial charge on any atom is -0.371 e. The van der Waals surface area contributed by atoms with Gasteiger partial charge in [-0.05, 0) is 49.3 Å². The molecule has 2 fully saturated rings. The van der Waals surface area contributed by atoms with E-state index in [9.17, 15) is 9.59 Å². The van der Waals surface area contributed by atoms with Gasteiger partial charge in [0.1, 0.15) is 0 Å². The van der Waals surface area contributed by atoms with Crippen molar-refractivity contribution < 1.29 is 14.3 Å². The molecule has 25 heavy (non-hydrogen) atoms. The number of carbonyl (C=O) groups is 2. The fourth-order valence-electron chi connectivity index (χ4n) is 3.63. The Morgan fingerprint density at radius 3 is 2.72 bits per heavy atom. The molecule has 3 rings (SSSR count). The number of aryl methyl sites for hydroxylation is 2. The summed E-state index contributed by atoms with van der Waals surface area (Å²) in [5.41, 5.74) is 0.976. The van der Waals surface area contributed by atoms with Crippen LogP contribution < -0.4 is 0 Å². The van der Waals surface area contributed by atoms with Crippen molar-refractivity contribution in [3.63, 3.8) is 0 Å². The zero-order chi connectivity index (χ0) is 17.9. The molecule has 0 aromatic carbocycles. The molecule has 5 nitrogen and oxygen atoms in total. The van der Waals surface area contributed by atoms with Crippen molar-refractivity contribution in [2.24, 2.45) is 0 Å². The van der Waals surface area contributed by atoms with Gasteiger partial charge in [-0.15, -0.1) is 11.3 Å². The van der Waals surface area contributed by atoms with Gasteiger partial charge < -0.3 is 14.5 Å². The van der Waals surface area contributed by atoms with Crippen LogP contribution in [-0.4, -0.2) is 60.0 Å². The van der Waals surface area contributed by atoms with Crippen molar-refractivity contribution in [2.45, 2.75) is 38.2 Å². The zero-order valence-corrected chi connectivity index (χ0v) is 15.6. The maximum Gasteiger partial charge on any atom is 0.245 e. The Kier molecular flexibility index (Phi) is 5.59. The van der Waals surface area contributed by atoms with Crippen LogP contribution in [0.2, 0.25) is 0 Å². The first-order chi connectivity index (χ1) is 12.0. The molecular formula is C19H26N2O3S. The molecular weight excluding hydrogens is 336 g/mol. The lowest BCUT2D eigenvalue weighted by Crippen LogP contribution is -2.58. The van der Waals surface area contributed by atoms with Crippen molar-refractivity contribution in [1.82, 2.24) is 9.80 Å². The van der Waals surface area contributed by atoms with E-state index in [1.165, 1.54) is 16.5 Å². The Hall–Kier alpha value is -1.66. The number of hydrogen-bond donors (Lipinski definition) is 0. The summed E-state index contributed by atoms with van der Waals surface area (Å²) in [5.74, 6) is 0.183. The molecule has 6 heteroatoms. The molecule has 2 aliphatic rings. The number of nitrogens with zero attached hydrogens (tertiary/aromatic N) is 2. The van der Waals surface area contributed by atoms with Crippen LogP contribution in [0, 0.1) is 6.92 Å². The quantitative estimate of drug-likeness (QED) is 0.773. The third-order valence-electron chi connectivity index (χ3n) is 5.13. The number of amides is 2. The van der Waals surface area contributed by atoms with E-state index in [-0.39, 0.29) is 17.4 Å². The molecule has 1 aromatic heterocycles. The van der Waals surface area contributed by atoms with Gasteiger partial charge in [0.2, 0.25) is 11.8 Å². The standard InChI is InChI=1S/C19H26N2O3S/c1-3-17(22)20-8-6-19(7-9-20)14-21(10-11-24-19)18(23)5-4-16-12-15(2)13-25-16/h3,12-13H,1,4-11,14H2,2H3. The average molecular weight is 362 g/mol. The molecule has 0 aliphatic carbocycles. The Labute approximate surface area is 153 Å². The molecule has 136 valence electrons. The van der Waals surface area contributed by atoms with Crippen LogP contribution in [0.5, 0.6) is 0 Å². The van der Waals surface area contributed by atoms with Crippen LogP contribution in [0.3, 0.4) is 0 Å². The summed E-state index contributed by atoms with van der Waals surface area (Å²) in [6.45, 7) is 8.86. The minimum absolute atomic E-state index is 0.0233. The highest BCUT2D eigenvalue weighted by atomic mass is 32.1. The molecule has 0 saturated carbocycles. The number of hydrogen-bond acceptors (Lipinski definition) is 4. The Balaban J connectivity index is 1.53. The number of carbonyl (C=O) groups excluding carboxylic acids is 2. The number of thiophene rings is 1. The molecule has 0 N–H and O–H groups in total. The van der Waals surface area contributed by atoms with E-state index in [1.54, 1.807) is 11.3 Å². The van der Waals surface area contributed by atoms with E-state index in [4.69, 9.17) is 4.74 Å². The van der Waals surface area contributed by atoms with E-state index in [0.29, 0.717) is 39.2 Å². The average Bonchev–Trinajstić information content (AvgIpc) is 3.05. The predicted octanol–water partition coefficient (Wildman–Crippen LogP) is 2.40. The van der Waals surface area contributed by atoms with Gasteiger partial charge in [-0.2, -0.15) is 0 Å². The second-order valence-electron chi connectivity index (χ2n) is 6.97. The molecule has 2 amide bonds. The summed E-state index contributed by atoms with van der Waals surface area (Å²) in [7, 11) is 0. The van der Waals surface area contributed by atoms with Crippen LogP contribution in [0.15, 0.2) is 24.1 Å². The first-order valence-electron chi connectivity index (χ1n) is 8.88. The molecule has 0 unspecified atom stereocenters. The summed E-state index contributed by atoms with van der Waals surface area (Å²) in [5, 5.41) is 2.13. The summed E-state index contributed by atoms with van der Waals surface area (Å²) in [4.78, 5) is 29.4. The monoisotopic (exact) mass is 362 g/mol. The van der Waals surface area contributed by atoms with Gasteiger partial charge in [0.15, 0.2) is 0 Å². The van der Waals surface area contributed by atoms with Gasteiger partial charge in [0.05, 0.1) is 12.2 Å². The minimum atomic E-state index is -0.286. The van der Waals surface area contributed by atoms with E-state index in [0.717, 1.165) is 19.3 Å². The predicted molar refractivity (Wildman–Crippen MR) is 98.7 cm³/mol. The highest BCUT2D eigenvalue weighted by molar-refractivity contribution is 7.10. The third-order valence-corrected chi connectivity index (χ3v) is 6.25. The summed E-state index contributed by atoms with van der Waals surface area (Å²) in [6, 6.07) is 2.16. The number of rotatable bonds is 4. The van der Waals surface area contributed by atoms with Gasteiger partial charge in [0, 0.05) is 37.5 Å². The second kappa shape index (κ2) is 7.70. The maximum absolute atomic E-state index is 12.6. The second-order valence-corrected chi connectivity index (χ2v) is 7.96. The fourth-order valence-corrected chi connectivity index (χ4v) is 4.51. The molecule has 0 radical (unpaired) electrons. The number of piperidine rings is 1. The molecule has 1 spiro atoms. The first kappa shape index (κ1) is 18.1. The van der Waals surface area contributed by atoms with E-state index >= 15 is 0 Å². The SMILES string of the molecule is C=CC(=O)N1CCC2(CC1)CN(C(=O)CCc1cc(C)cs1)CCO2. The third kappa shape index (κ3) is 4.30. The van der Waals surface area contributed by atoms with Crippen molar-refractivity contribution in [3.8, 4) is 0 Å². The first-order valence-corrected chi connectivity index (χ1v) is 9.76. The number of likely N-dealkylation sites (tertiary alicyclic amines) is 1. The molecule has 2 saturated heterocycles. The molecule has 0 atom stereocenters. The van der Waals surface area contributed by atoms with Crippen LogP contribution in [0.4, 0.5) is 0 Å². The fraction of sp³-hybridized carbons (Fsp3) is 0.579. The largest absolute Gasteiger partial charge is 0.371 e. The Morgan fingerprint density at radius 1 is 1.32 bits per heavy atom. The van der Waals surface area contributed by atoms with Crippen LogP contribution in [0.25, 0.3) is 0 Å². The lowest BCUT2D eigenvalue weighted by molar-refractivity contribution is -0.162. The normalized spacial score (nSPS) is 19.9. The lowest BCUT2D eigenvalue weighted by Gasteiger charge is -2.47. The molecule has 1 aromatic rings. The highest BCUT2D eigenvalue weighted by Crippen LogP contribution is 2.30. The zero-order valence-electron chi connectivity index (χ0n) is 14.8. The highest BCUT2D eigenvalue weighted by Gasteiger charge is 2.41. The van der Waals surface area contributed by atoms with Gasteiger partial charge in [-0.3, -0.25) is 9.59 Å². The van der Waals surface area contributed by atoms with Gasteiger partial charge in [0.25, 0.3) is 0 Å². The van der Waals surface area contributed by atoms with Crippen molar-refractivity contribution in [1.29, 1.82) is 0 Å². The van der Waals surface area contributed by atoms with E-state index in [2.05, 4.69) is 24.9 Å². The van der Waals surface area contributed by atoms with Crippen LogP contribution in [-0.2, 0) is 20.7 Å². The van der Waals surface area contributed by atoms with E-state index < -0.39 is 0 Å².